The van der Waals surface area contributed by atoms with Gasteiger partial charge < -0.3 is 10.6 Å². The second-order valence-electron chi connectivity index (χ2n) is 5.74. The maximum Gasteiger partial charge on any atom is 0.272 e. The smallest absolute Gasteiger partial charge is 0.272 e. The largest absolute Gasteiger partial charge is 0.384 e. The third-order valence-corrected chi connectivity index (χ3v) is 3.58. The molecule has 0 atom stereocenters. The minimum Gasteiger partial charge on any atom is -0.384 e. The van der Waals surface area contributed by atoms with Crippen LogP contribution in [0.1, 0.15) is 50.0 Å². The van der Waals surface area contributed by atoms with Crippen molar-refractivity contribution in [1.29, 1.82) is 0 Å². The summed E-state index contributed by atoms with van der Waals surface area (Å²) in [6.07, 6.45) is 4.66. The molecule has 1 aliphatic rings. The molecule has 1 saturated carbocycles. The number of anilines is 1. The summed E-state index contributed by atoms with van der Waals surface area (Å²) in [5.41, 5.74) is 6.13. The fraction of sp³-hybridized carbons (Fsp3) is 0.600. The lowest BCUT2D eigenvalue weighted by molar-refractivity contribution is 0.0649. The third kappa shape index (κ3) is 3.46. The molecule has 2 rings (SSSR count). The van der Waals surface area contributed by atoms with E-state index in [1.807, 2.05) is 4.90 Å². The molecule has 1 amide bonds. The van der Waals surface area contributed by atoms with Gasteiger partial charge in [0.25, 0.3) is 5.91 Å². The van der Waals surface area contributed by atoms with E-state index in [2.05, 4.69) is 18.8 Å². The van der Waals surface area contributed by atoms with Crippen LogP contribution in [0.2, 0.25) is 0 Å². The van der Waals surface area contributed by atoms with E-state index >= 15 is 0 Å². The summed E-state index contributed by atoms with van der Waals surface area (Å²) in [4.78, 5) is 18.8. The fourth-order valence-corrected chi connectivity index (χ4v) is 2.72. The van der Waals surface area contributed by atoms with Crippen LogP contribution >= 0.6 is 0 Å². The van der Waals surface area contributed by atoms with E-state index in [-0.39, 0.29) is 5.91 Å². The molecule has 1 aromatic rings. The molecule has 0 unspecified atom stereocenters. The molecule has 4 heteroatoms. The van der Waals surface area contributed by atoms with Gasteiger partial charge in [0.2, 0.25) is 0 Å². The monoisotopic (exact) mass is 261 g/mol. The standard InChI is InChI=1S/C15H23N3O/c1-11(2)10-18(12-6-3-4-7-12)15(19)13-8-5-9-14(16)17-13/h5,8-9,11-12H,3-4,6-7,10H2,1-2H3,(H2,16,17). The van der Waals surface area contributed by atoms with Crippen LogP contribution < -0.4 is 5.73 Å². The third-order valence-electron chi connectivity index (χ3n) is 3.58. The van der Waals surface area contributed by atoms with E-state index in [9.17, 15) is 4.79 Å². The zero-order chi connectivity index (χ0) is 13.8. The predicted molar refractivity (Wildman–Crippen MR) is 76.8 cm³/mol. The van der Waals surface area contributed by atoms with Gasteiger partial charge in [0.15, 0.2) is 0 Å². The summed E-state index contributed by atoms with van der Waals surface area (Å²) in [6.45, 7) is 5.07. The van der Waals surface area contributed by atoms with Gasteiger partial charge in [-0.25, -0.2) is 4.98 Å². The average molecular weight is 261 g/mol. The van der Waals surface area contributed by atoms with Gasteiger partial charge in [-0.3, -0.25) is 4.79 Å². The second kappa shape index (κ2) is 6.04. The molecule has 0 bridgehead atoms. The van der Waals surface area contributed by atoms with E-state index in [0.717, 1.165) is 19.4 Å². The number of nitrogens with two attached hydrogens (primary N) is 1. The number of amides is 1. The molecule has 0 radical (unpaired) electrons. The van der Waals surface area contributed by atoms with Crippen LogP contribution in [-0.2, 0) is 0 Å². The molecule has 0 saturated heterocycles. The number of nitrogens with zero attached hydrogens (tertiary/aromatic N) is 2. The number of hydrogen-bond donors (Lipinski definition) is 1. The normalized spacial score (nSPS) is 15.9. The highest BCUT2D eigenvalue weighted by Crippen LogP contribution is 2.25. The Hall–Kier alpha value is -1.58. The van der Waals surface area contributed by atoms with Crippen molar-refractivity contribution in [3.8, 4) is 0 Å². The number of rotatable bonds is 4. The number of carbonyl (C=O) groups excluding carboxylic acids is 1. The van der Waals surface area contributed by atoms with E-state index in [4.69, 9.17) is 5.73 Å². The first-order valence-electron chi connectivity index (χ1n) is 7.11. The molecule has 1 heterocycles. The number of carbonyl (C=O) groups is 1. The molecule has 1 aromatic heterocycles. The lowest BCUT2D eigenvalue weighted by atomic mass is 10.1. The fourth-order valence-electron chi connectivity index (χ4n) is 2.72. The van der Waals surface area contributed by atoms with Crippen LogP contribution in [-0.4, -0.2) is 28.4 Å². The Morgan fingerprint density at radius 1 is 1.42 bits per heavy atom. The molecular formula is C15H23N3O. The lowest BCUT2D eigenvalue weighted by Crippen LogP contribution is -2.41. The summed E-state index contributed by atoms with van der Waals surface area (Å²) >= 11 is 0. The number of aromatic nitrogens is 1. The van der Waals surface area contributed by atoms with Gasteiger partial charge in [0.05, 0.1) is 0 Å². The predicted octanol–water partition coefficient (Wildman–Crippen LogP) is 2.70. The molecule has 2 N–H and O–H groups in total. The quantitative estimate of drug-likeness (QED) is 0.906. The molecule has 0 aromatic carbocycles. The molecular weight excluding hydrogens is 238 g/mol. The first kappa shape index (κ1) is 13.8. The Bertz CT molecular complexity index is 439. The van der Waals surface area contributed by atoms with Crippen molar-refractivity contribution in [1.82, 2.24) is 9.88 Å². The van der Waals surface area contributed by atoms with E-state index < -0.39 is 0 Å². The Morgan fingerprint density at radius 3 is 2.68 bits per heavy atom. The van der Waals surface area contributed by atoms with Gasteiger partial charge in [-0.1, -0.05) is 32.8 Å². The van der Waals surface area contributed by atoms with Gasteiger partial charge in [-0.05, 0) is 30.9 Å². The maximum atomic E-state index is 12.6. The molecule has 1 aliphatic carbocycles. The van der Waals surface area contributed by atoms with Crippen LogP contribution in [0.15, 0.2) is 18.2 Å². The highest BCUT2D eigenvalue weighted by molar-refractivity contribution is 5.92. The van der Waals surface area contributed by atoms with Gasteiger partial charge in [-0.15, -0.1) is 0 Å². The van der Waals surface area contributed by atoms with Crippen LogP contribution in [0.4, 0.5) is 5.82 Å². The van der Waals surface area contributed by atoms with Gasteiger partial charge >= 0.3 is 0 Å². The molecule has 19 heavy (non-hydrogen) atoms. The summed E-state index contributed by atoms with van der Waals surface area (Å²) in [6, 6.07) is 5.62. The highest BCUT2D eigenvalue weighted by Gasteiger charge is 2.28. The molecule has 1 fully saturated rings. The van der Waals surface area contributed by atoms with Crippen molar-refractivity contribution >= 4 is 11.7 Å². The van der Waals surface area contributed by atoms with Gasteiger partial charge in [-0.2, -0.15) is 0 Å². The average Bonchev–Trinajstić information content (AvgIpc) is 2.88. The first-order chi connectivity index (χ1) is 9.08. The van der Waals surface area contributed by atoms with E-state index in [0.29, 0.717) is 23.5 Å². The Kier molecular flexibility index (Phi) is 4.40. The van der Waals surface area contributed by atoms with Gasteiger partial charge in [0, 0.05) is 12.6 Å². The number of pyridine rings is 1. The van der Waals surface area contributed by atoms with Crippen LogP contribution in [0.3, 0.4) is 0 Å². The van der Waals surface area contributed by atoms with Crippen LogP contribution in [0.25, 0.3) is 0 Å². The zero-order valence-corrected chi connectivity index (χ0v) is 11.8. The highest BCUT2D eigenvalue weighted by atomic mass is 16.2. The minimum atomic E-state index is 0.0212. The first-order valence-corrected chi connectivity index (χ1v) is 7.11. The second-order valence-corrected chi connectivity index (χ2v) is 5.74. The topological polar surface area (TPSA) is 59.2 Å². The van der Waals surface area contributed by atoms with Crippen molar-refractivity contribution in [2.45, 2.75) is 45.6 Å². The summed E-state index contributed by atoms with van der Waals surface area (Å²) in [5.74, 6) is 0.889. The van der Waals surface area contributed by atoms with Crippen molar-refractivity contribution in [2.24, 2.45) is 5.92 Å². The Labute approximate surface area is 115 Å². The Morgan fingerprint density at radius 2 is 2.11 bits per heavy atom. The summed E-state index contributed by atoms with van der Waals surface area (Å²) in [7, 11) is 0. The zero-order valence-electron chi connectivity index (χ0n) is 11.8. The van der Waals surface area contributed by atoms with E-state index in [1.54, 1.807) is 18.2 Å². The van der Waals surface area contributed by atoms with E-state index in [1.165, 1.54) is 12.8 Å². The maximum absolute atomic E-state index is 12.6. The van der Waals surface area contributed by atoms with Crippen molar-refractivity contribution in [3.63, 3.8) is 0 Å². The Balaban J connectivity index is 2.19. The number of hydrogen-bond acceptors (Lipinski definition) is 3. The molecule has 104 valence electrons. The minimum absolute atomic E-state index is 0.0212. The van der Waals surface area contributed by atoms with Crippen LogP contribution in [0.5, 0.6) is 0 Å². The summed E-state index contributed by atoms with van der Waals surface area (Å²) in [5, 5.41) is 0. The SMILES string of the molecule is CC(C)CN(C(=O)c1cccc(N)n1)C1CCCC1. The summed E-state index contributed by atoms with van der Waals surface area (Å²) < 4.78 is 0. The van der Waals surface area contributed by atoms with Crippen molar-refractivity contribution in [3.05, 3.63) is 23.9 Å². The number of nitrogen functional groups attached to an aromatic ring is 1. The molecule has 0 spiro atoms. The molecule has 0 aliphatic heterocycles. The lowest BCUT2D eigenvalue weighted by Gasteiger charge is -2.30. The van der Waals surface area contributed by atoms with Crippen molar-refractivity contribution in [2.75, 3.05) is 12.3 Å². The molecule has 4 nitrogen and oxygen atoms in total. The van der Waals surface area contributed by atoms with Crippen LogP contribution in [0, 0.1) is 5.92 Å². The van der Waals surface area contributed by atoms with Crippen molar-refractivity contribution < 1.29 is 4.79 Å². The van der Waals surface area contributed by atoms with Gasteiger partial charge in [0.1, 0.15) is 11.5 Å².